The molecular weight excluding hydrogens is 324 g/mol. The van der Waals surface area contributed by atoms with Crippen LogP contribution in [-0.4, -0.2) is 43.9 Å². The van der Waals surface area contributed by atoms with Crippen LogP contribution in [0.4, 0.5) is 5.69 Å². The number of methoxy groups -OCH3 is 2. The molecule has 1 aliphatic heterocycles. The molecule has 0 atom stereocenters. The van der Waals surface area contributed by atoms with Crippen LogP contribution in [0.1, 0.15) is 31.1 Å². The Morgan fingerprint density at radius 3 is 2.40 bits per heavy atom. The number of amides is 3. The molecule has 0 radical (unpaired) electrons. The van der Waals surface area contributed by atoms with Gasteiger partial charge < -0.3 is 14.8 Å². The summed E-state index contributed by atoms with van der Waals surface area (Å²) in [6.45, 7) is 0. The van der Waals surface area contributed by atoms with Crippen LogP contribution in [-0.2, 0) is 0 Å². The molecule has 0 spiro atoms. The summed E-state index contributed by atoms with van der Waals surface area (Å²) < 4.78 is 10.4. The molecule has 3 rings (SSSR count). The van der Waals surface area contributed by atoms with Crippen molar-refractivity contribution < 1.29 is 23.9 Å². The highest BCUT2D eigenvalue weighted by Crippen LogP contribution is 2.33. The van der Waals surface area contributed by atoms with E-state index in [0.717, 1.165) is 4.90 Å². The molecule has 0 saturated carbocycles. The fraction of sp³-hybridized carbons (Fsp3) is 0.167. The van der Waals surface area contributed by atoms with Gasteiger partial charge in [0.2, 0.25) is 0 Å². The van der Waals surface area contributed by atoms with Gasteiger partial charge in [-0.1, -0.05) is 12.1 Å². The predicted molar refractivity (Wildman–Crippen MR) is 90.4 cm³/mol. The summed E-state index contributed by atoms with van der Waals surface area (Å²) in [6.07, 6.45) is 0. The van der Waals surface area contributed by atoms with Gasteiger partial charge in [0.1, 0.15) is 0 Å². The topological polar surface area (TPSA) is 84.9 Å². The van der Waals surface area contributed by atoms with E-state index in [1.807, 2.05) is 0 Å². The molecule has 0 unspecified atom stereocenters. The van der Waals surface area contributed by atoms with Crippen molar-refractivity contribution in [1.29, 1.82) is 0 Å². The Bertz CT molecular complexity index is 891. The van der Waals surface area contributed by atoms with Crippen molar-refractivity contribution >= 4 is 23.4 Å². The zero-order valence-electron chi connectivity index (χ0n) is 14.0. The summed E-state index contributed by atoms with van der Waals surface area (Å²) in [5.41, 5.74) is 0.979. The Kier molecular flexibility index (Phi) is 4.14. The highest BCUT2D eigenvalue weighted by atomic mass is 16.5. The molecule has 1 N–H and O–H groups in total. The largest absolute Gasteiger partial charge is 0.493 e. The summed E-state index contributed by atoms with van der Waals surface area (Å²) in [5.74, 6) is -0.614. The second-order valence-corrected chi connectivity index (χ2v) is 5.39. The van der Waals surface area contributed by atoms with E-state index in [9.17, 15) is 14.4 Å². The molecule has 25 heavy (non-hydrogen) atoms. The van der Waals surface area contributed by atoms with Crippen molar-refractivity contribution in [3.63, 3.8) is 0 Å². The average Bonchev–Trinajstić information content (AvgIpc) is 2.86. The van der Waals surface area contributed by atoms with Crippen molar-refractivity contribution in [2.24, 2.45) is 0 Å². The van der Waals surface area contributed by atoms with E-state index in [4.69, 9.17) is 9.47 Å². The first kappa shape index (κ1) is 16.5. The van der Waals surface area contributed by atoms with Gasteiger partial charge in [-0.05, 0) is 24.3 Å². The maximum atomic E-state index is 12.7. The van der Waals surface area contributed by atoms with Crippen LogP contribution in [0.15, 0.2) is 36.4 Å². The van der Waals surface area contributed by atoms with Crippen LogP contribution in [0.2, 0.25) is 0 Å². The zero-order chi connectivity index (χ0) is 18.1. The number of hydrogen-bond donors (Lipinski definition) is 1. The van der Waals surface area contributed by atoms with Gasteiger partial charge in [-0.2, -0.15) is 0 Å². The van der Waals surface area contributed by atoms with Crippen molar-refractivity contribution in [3.8, 4) is 11.5 Å². The highest BCUT2D eigenvalue weighted by molar-refractivity contribution is 6.24. The van der Waals surface area contributed by atoms with E-state index in [2.05, 4.69) is 5.32 Å². The summed E-state index contributed by atoms with van der Waals surface area (Å²) in [4.78, 5) is 38.0. The number of carbonyl (C=O) groups excluding carboxylic acids is 3. The molecule has 0 fully saturated rings. The molecule has 0 aliphatic carbocycles. The smallest absolute Gasteiger partial charge is 0.263 e. The minimum Gasteiger partial charge on any atom is -0.493 e. The van der Waals surface area contributed by atoms with Crippen molar-refractivity contribution in [2.75, 3.05) is 26.6 Å². The molecule has 0 bridgehead atoms. The number of anilines is 1. The van der Waals surface area contributed by atoms with Crippen LogP contribution in [0.25, 0.3) is 0 Å². The van der Waals surface area contributed by atoms with Crippen molar-refractivity contribution in [2.45, 2.75) is 0 Å². The maximum absolute atomic E-state index is 12.7. The first-order valence-electron chi connectivity index (χ1n) is 7.47. The molecular formula is C18H16N2O5. The predicted octanol–water partition coefficient (Wildman–Crippen LogP) is 2.18. The van der Waals surface area contributed by atoms with Gasteiger partial charge in [-0.15, -0.1) is 0 Å². The number of hydrogen-bond acceptors (Lipinski definition) is 5. The van der Waals surface area contributed by atoms with Gasteiger partial charge in [0, 0.05) is 7.05 Å². The van der Waals surface area contributed by atoms with E-state index in [-0.39, 0.29) is 28.1 Å². The minimum absolute atomic E-state index is 0.185. The highest BCUT2D eigenvalue weighted by Gasteiger charge is 2.35. The number of nitrogens with zero attached hydrogens (tertiary/aromatic N) is 1. The van der Waals surface area contributed by atoms with Gasteiger partial charge in [0.15, 0.2) is 11.5 Å². The third kappa shape index (κ3) is 2.59. The fourth-order valence-corrected chi connectivity index (χ4v) is 2.76. The number of imide groups is 1. The van der Waals surface area contributed by atoms with Gasteiger partial charge in [0.05, 0.1) is 36.6 Å². The third-order valence-corrected chi connectivity index (χ3v) is 4.01. The normalized spacial score (nSPS) is 12.8. The average molecular weight is 340 g/mol. The Balaban J connectivity index is 2.00. The molecule has 2 aromatic carbocycles. The van der Waals surface area contributed by atoms with E-state index in [0.29, 0.717) is 5.75 Å². The zero-order valence-corrected chi connectivity index (χ0v) is 14.0. The molecule has 0 saturated heterocycles. The van der Waals surface area contributed by atoms with Gasteiger partial charge in [-0.3, -0.25) is 19.3 Å². The van der Waals surface area contributed by atoms with Crippen LogP contribution in [0.5, 0.6) is 11.5 Å². The fourth-order valence-electron chi connectivity index (χ4n) is 2.76. The molecule has 1 aliphatic rings. The summed E-state index contributed by atoms with van der Waals surface area (Å²) in [5, 5.41) is 2.68. The number of nitrogens with one attached hydrogen (secondary N) is 1. The van der Waals surface area contributed by atoms with Gasteiger partial charge in [-0.25, -0.2) is 0 Å². The van der Waals surface area contributed by atoms with Crippen LogP contribution < -0.4 is 14.8 Å². The van der Waals surface area contributed by atoms with E-state index < -0.39 is 17.7 Å². The lowest BCUT2D eigenvalue weighted by molar-refractivity contribution is 0.0693. The molecule has 0 aromatic heterocycles. The Morgan fingerprint density at radius 1 is 1.00 bits per heavy atom. The lowest BCUT2D eigenvalue weighted by Crippen LogP contribution is -2.24. The number of carbonyl (C=O) groups is 3. The summed E-state index contributed by atoms with van der Waals surface area (Å²) in [7, 11) is 4.32. The van der Waals surface area contributed by atoms with Gasteiger partial charge >= 0.3 is 0 Å². The monoisotopic (exact) mass is 340 g/mol. The van der Waals surface area contributed by atoms with Crippen molar-refractivity contribution in [3.05, 3.63) is 53.1 Å². The van der Waals surface area contributed by atoms with Gasteiger partial charge in [0.25, 0.3) is 17.7 Å². The Labute approximate surface area is 144 Å². The first-order valence-corrected chi connectivity index (χ1v) is 7.47. The quantitative estimate of drug-likeness (QED) is 0.863. The van der Waals surface area contributed by atoms with E-state index >= 15 is 0 Å². The molecule has 7 heteroatoms. The molecule has 7 nitrogen and oxygen atoms in total. The second kappa shape index (κ2) is 6.27. The Morgan fingerprint density at radius 2 is 1.72 bits per heavy atom. The summed E-state index contributed by atoms with van der Waals surface area (Å²) in [6, 6.07) is 9.66. The lowest BCUT2D eigenvalue weighted by Gasteiger charge is -2.13. The first-order chi connectivity index (χ1) is 12.0. The number of rotatable bonds is 4. The molecule has 3 amide bonds. The minimum atomic E-state index is -0.473. The molecule has 1 heterocycles. The van der Waals surface area contributed by atoms with Crippen LogP contribution in [0, 0.1) is 0 Å². The molecule has 128 valence electrons. The van der Waals surface area contributed by atoms with E-state index in [1.54, 1.807) is 36.4 Å². The Hall–Kier alpha value is -3.35. The number of para-hydroxylation sites is 1. The van der Waals surface area contributed by atoms with E-state index in [1.165, 1.54) is 21.3 Å². The number of fused-ring (bicyclic) bond motifs is 1. The maximum Gasteiger partial charge on any atom is 0.263 e. The SMILES string of the molecule is COc1cccc(C(=O)Nc2cccc3c2C(=O)N(C)C3=O)c1OC. The van der Waals surface area contributed by atoms with Crippen molar-refractivity contribution in [1.82, 2.24) is 4.90 Å². The van der Waals surface area contributed by atoms with Crippen LogP contribution >= 0.6 is 0 Å². The summed E-state index contributed by atoms with van der Waals surface area (Å²) >= 11 is 0. The second-order valence-electron chi connectivity index (χ2n) is 5.39. The third-order valence-electron chi connectivity index (χ3n) is 4.01. The standard InChI is InChI=1S/C18H16N2O5/c1-20-17(22)10-6-4-8-12(14(10)18(20)23)19-16(21)11-7-5-9-13(24-2)15(11)25-3/h4-9H,1-3H3,(H,19,21). The number of benzene rings is 2. The van der Waals surface area contributed by atoms with Crippen LogP contribution in [0.3, 0.4) is 0 Å². The molecule has 2 aromatic rings. The lowest BCUT2D eigenvalue weighted by atomic mass is 10.1. The number of ether oxygens (including phenoxy) is 2.